The average molecular weight is 567 g/mol. The van der Waals surface area contributed by atoms with Crippen LogP contribution in [0.3, 0.4) is 0 Å². The van der Waals surface area contributed by atoms with E-state index in [0.717, 1.165) is 37.3 Å². The molecule has 7 heteroatoms. The van der Waals surface area contributed by atoms with E-state index in [0.29, 0.717) is 16.7 Å². The van der Waals surface area contributed by atoms with Gasteiger partial charge in [0.25, 0.3) is 5.56 Å². The molecule has 0 aliphatic carbocycles. The number of benzene rings is 3. The highest BCUT2D eigenvalue weighted by Gasteiger charge is 2.18. The summed E-state index contributed by atoms with van der Waals surface area (Å²) in [6.07, 6.45) is 1.67. The number of para-hydroxylation sites is 1. The molecule has 1 aromatic heterocycles. The lowest BCUT2D eigenvalue weighted by Gasteiger charge is -2.17. The molecule has 0 bridgehead atoms. The zero-order chi connectivity index (χ0) is 24.4. The van der Waals surface area contributed by atoms with Crippen molar-refractivity contribution in [2.75, 3.05) is 14.2 Å². The first-order valence-corrected chi connectivity index (χ1v) is 12.0. The van der Waals surface area contributed by atoms with Gasteiger partial charge in [-0.2, -0.15) is 9.78 Å². The molecule has 0 saturated heterocycles. The third kappa shape index (κ3) is 4.57. The quantitative estimate of drug-likeness (QED) is 0.212. The van der Waals surface area contributed by atoms with Crippen LogP contribution in [0.2, 0.25) is 0 Å². The van der Waals surface area contributed by atoms with Crippen LogP contribution in [0.5, 0.6) is 11.5 Å². The van der Waals surface area contributed by atoms with Crippen molar-refractivity contribution in [1.82, 2.24) is 9.66 Å². The molecule has 0 N–H and O–H groups in total. The maximum absolute atomic E-state index is 13.5. The van der Waals surface area contributed by atoms with Crippen LogP contribution in [0.25, 0.3) is 22.3 Å². The SMILES string of the molecule is COc1ccc(C=Nn2c(-c3cc(C(C)C)c(OC)cc3C)nc3ccccc3c2=O)cc1I. The largest absolute Gasteiger partial charge is 0.496 e. The summed E-state index contributed by atoms with van der Waals surface area (Å²) in [5.41, 5.74) is 4.10. The van der Waals surface area contributed by atoms with Gasteiger partial charge in [-0.15, -0.1) is 0 Å². The highest BCUT2D eigenvalue weighted by molar-refractivity contribution is 14.1. The number of halogens is 1. The number of hydrogen-bond acceptors (Lipinski definition) is 5. The Morgan fingerprint density at radius 3 is 2.44 bits per heavy atom. The van der Waals surface area contributed by atoms with Crippen LogP contribution in [0.1, 0.15) is 36.5 Å². The minimum Gasteiger partial charge on any atom is -0.496 e. The van der Waals surface area contributed by atoms with Gasteiger partial charge in [-0.25, -0.2) is 4.98 Å². The number of fused-ring (bicyclic) bond motifs is 1. The molecular formula is C27H26IN3O3. The van der Waals surface area contributed by atoms with Gasteiger partial charge in [0.05, 0.1) is 34.9 Å². The molecule has 34 heavy (non-hydrogen) atoms. The van der Waals surface area contributed by atoms with Crippen molar-refractivity contribution < 1.29 is 9.47 Å². The third-order valence-electron chi connectivity index (χ3n) is 5.69. The summed E-state index contributed by atoms with van der Waals surface area (Å²) in [6.45, 7) is 6.21. The van der Waals surface area contributed by atoms with Crippen molar-refractivity contribution in [3.05, 3.63) is 85.2 Å². The summed E-state index contributed by atoms with van der Waals surface area (Å²) < 4.78 is 13.3. The normalized spacial score (nSPS) is 11.5. The zero-order valence-electron chi connectivity index (χ0n) is 19.8. The Kier molecular flexibility index (Phi) is 7.02. The Morgan fingerprint density at radius 1 is 1.03 bits per heavy atom. The van der Waals surface area contributed by atoms with Gasteiger partial charge in [0, 0.05) is 5.56 Å². The molecule has 0 amide bonds. The van der Waals surface area contributed by atoms with Crippen molar-refractivity contribution in [1.29, 1.82) is 0 Å². The number of hydrogen-bond donors (Lipinski definition) is 0. The Hall–Kier alpha value is -3.20. The van der Waals surface area contributed by atoms with E-state index in [2.05, 4.69) is 47.6 Å². The molecule has 6 nitrogen and oxygen atoms in total. The minimum absolute atomic E-state index is 0.221. The van der Waals surface area contributed by atoms with E-state index in [1.54, 1.807) is 26.5 Å². The van der Waals surface area contributed by atoms with Gasteiger partial charge in [0.2, 0.25) is 0 Å². The number of aromatic nitrogens is 2. The van der Waals surface area contributed by atoms with Crippen molar-refractivity contribution in [2.45, 2.75) is 26.7 Å². The lowest BCUT2D eigenvalue weighted by atomic mass is 9.96. The lowest BCUT2D eigenvalue weighted by Crippen LogP contribution is -2.20. The zero-order valence-corrected chi connectivity index (χ0v) is 22.0. The first-order valence-electron chi connectivity index (χ1n) is 10.9. The minimum atomic E-state index is -0.221. The van der Waals surface area contributed by atoms with Crippen molar-refractivity contribution in [3.63, 3.8) is 0 Å². The molecule has 0 aliphatic rings. The maximum atomic E-state index is 13.5. The second-order valence-electron chi connectivity index (χ2n) is 8.27. The Labute approximate surface area is 212 Å². The summed E-state index contributed by atoms with van der Waals surface area (Å²) in [4.78, 5) is 18.4. The van der Waals surface area contributed by atoms with Crippen molar-refractivity contribution >= 4 is 39.7 Å². The molecule has 3 aromatic carbocycles. The molecule has 0 aliphatic heterocycles. The summed E-state index contributed by atoms with van der Waals surface area (Å²) in [5.74, 6) is 2.34. The van der Waals surface area contributed by atoms with Crippen LogP contribution in [0.4, 0.5) is 0 Å². The molecule has 0 unspecified atom stereocenters. The number of methoxy groups -OCH3 is 2. The van der Waals surface area contributed by atoms with E-state index in [1.165, 1.54) is 4.68 Å². The van der Waals surface area contributed by atoms with E-state index >= 15 is 0 Å². The first kappa shape index (κ1) is 23.9. The standard InChI is InChI=1S/C27H26IN3O3/c1-16(2)20-14-21(17(3)12-25(20)34-5)26-30-23-9-7-6-8-19(23)27(32)31(26)29-15-18-10-11-24(33-4)22(28)13-18/h6-16H,1-5H3. The van der Waals surface area contributed by atoms with E-state index < -0.39 is 0 Å². The molecule has 0 atom stereocenters. The van der Waals surface area contributed by atoms with E-state index in [9.17, 15) is 4.79 Å². The van der Waals surface area contributed by atoms with Crippen molar-refractivity contribution in [2.24, 2.45) is 5.10 Å². The number of aryl methyl sites for hydroxylation is 1. The van der Waals surface area contributed by atoms with Gasteiger partial charge < -0.3 is 9.47 Å². The summed E-state index contributed by atoms with van der Waals surface area (Å²) in [7, 11) is 3.31. The Morgan fingerprint density at radius 2 is 1.76 bits per heavy atom. The highest BCUT2D eigenvalue weighted by atomic mass is 127. The summed E-state index contributed by atoms with van der Waals surface area (Å²) >= 11 is 2.22. The highest BCUT2D eigenvalue weighted by Crippen LogP contribution is 2.34. The Bertz CT molecular complexity index is 1460. The molecule has 1 heterocycles. The molecule has 0 saturated carbocycles. The van der Waals surface area contributed by atoms with Gasteiger partial charge in [0.15, 0.2) is 5.82 Å². The van der Waals surface area contributed by atoms with Gasteiger partial charge >= 0.3 is 0 Å². The van der Waals surface area contributed by atoms with Crippen LogP contribution >= 0.6 is 22.6 Å². The number of rotatable bonds is 6. The fraction of sp³-hybridized carbons (Fsp3) is 0.222. The van der Waals surface area contributed by atoms with Crippen LogP contribution in [0, 0.1) is 10.5 Å². The topological polar surface area (TPSA) is 65.7 Å². The molecular weight excluding hydrogens is 541 g/mol. The molecule has 0 radical (unpaired) electrons. The summed E-state index contributed by atoms with van der Waals surface area (Å²) in [5, 5.41) is 5.12. The van der Waals surface area contributed by atoms with Crippen LogP contribution in [-0.4, -0.2) is 30.1 Å². The smallest absolute Gasteiger partial charge is 0.282 e. The molecule has 4 rings (SSSR count). The molecule has 0 spiro atoms. The summed E-state index contributed by atoms with van der Waals surface area (Å²) in [6, 6.07) is 17.1. The van der Waals surface area contributed by atoms with E-state index in [-0.39, 0.29) is 11.5 Å². The van der Waals surface area contributed by atoms with Gasteiger partial charge in [-0.3, -0.25) is 4.79 Å². The average Bonchev–Trinajstić information content (AvgIpc) is 2.83. The predicted molar refractivity (Wildman–Crippen MR) is 146 cm³/mol. The van der Waals surface area contributed by atoms with Gasteiger partial charge in [0.1, 0.15) is 11.5 Å². The van der Waals surface area contributed by atoms with Crippen molar-refractivity contribution in [3.8, 4) is 22.9 Å². The predicted octanol–water partition coefficient (Wildman–Crippen LogP) is 6.00. The maximum Gasteiger partial charge on any atom is 0.282 e. The molecule has 0 fully saturated rings. The second kappa shape index (κ2) is 9.97. The Balaban J connectivity index is 1.96. The lowest BCUT2D eigenvalue weighted by molar-refractivity contribution is 0.407. The molecule has 4 aromatic rings. The first-order chi connectivity index (χ1) is 16.3. The molecule has 174 valence electrons. The van der Waals surface area contributed by atoms with E-state index in [4.69, 9.17) is 14.5 Å². The van der Waals surface area contributed by atoms with Crippen LogP contribution < -0.4 is 15.0 Å². The second-order valence-corrected chi connectivity index (χ2v) is 9.43. The third-order valence-corrected chi connectivity index (χ3v) is 6.53. The van der Waals surface area contributed by atoms with Crippen LogP contribution in [-0.2, 0) is 0 Å². The number of ether oxygens (including phenoxy) is 2. The van der Waals surface area contributed by atoms with Gasteiger partial charge in [-0.05, 0) is 94.6 Å². The fourth-order valence-electron chi connectivity index (χ4n) is 3.86. The monoisotopic (exact) mass is 567 g/mol. The number of nitrogens with zero attached hydrogens (tertiary/aromatic N) is 3. The van der Waals surface area contributed by atoms with E-state index in [1.807, 2.05) is 49.4 Å². The fourth-order valence-corrected chi connectivity index (χ4v) is 4.62. The van der Waals surface area contributed by atoms with Crippen LogP contribution in [0.15, 0.2) is 64.5 Å². The van der Waals surface area contributed by atoms with Gasteiger partial charge in [-0.1, -0.05) is 26.0 Å².